The normalized spacial score (nSPS) is 21.3. The molecule has 9 nitrogen and oxygen atoms in total. The maximum absolute atomic E-state index is 14.3. The van der Waals surface area contributed by atoms with Gasteiger partial charge >= 0.3 is 6.01 Å². The van der Waals surface area contributed by atoms with Crippen molar-refractivity contribution in [1.82, 2.24) is 20.1 Å². The smallest absolute Gasteiger partial charge is 0.324 e. The van der Waals surface area contributed by atoms with Crippen molar-refractivity contribution in [3.63, 3.8) is 0 Å². The molecule has 38 heavy (non-hydrogen) atoms. The third kappa shape index (κ3) is 5.90. The Hall–Kier alpha value is -3.27. The van der Waals surface area contributed by atoms with Crippen LogP contribution in [0.3, 0.4) is 0 Å². The van der Waals surface area contributed by atoms with Crippen molar-refractivity contribution >= 4 is 12.0 Å². The van der Waals surface area contributed by atoms with E-state index in [9.17, 15) is 4.39 Å². The topological polar surface area (TPSA) is 106 Å². The number of anilines is 2. The van der Waals surface area contributed by atoms with E-state index in [-0.39, 0.29) is 23.7 Å². The lowest BCUT2D eigenvalue weighted by Gasteiger charge is -2.33. The maximum Gasteiger partial charge on any atom is 0.324 e. The Morgan fingerprint density at radius 1 is 1.08 bits per heavy atom. The Morgan fingerprint density at radius 3 is 2.50 bits per heavy atom. The molecule has 3 atom stereocenters. The van der Waals surface area contributed by atoms with E-state index >= 15 is 0 Å². The minimum Gasteiger partial charge on any atom is -0.490 e. The van der Waals surface area contributed by atoms with Gasteiger partial charge in [-0.3, -0.25) is 0 Å². The van der Waals surface area contributed by atoms with E-state index in [1.165, 1.54) is 6.07 Å². The van der Waals surface area contributed by atoms with Crippen LogP contribution >= 0.6 is 0 Å². The zero-order valence-corrected chi connectivity index (χ0v) is 22.5. The lowest BCUT2D eigenvalue weighted by atomic mass is 9.84. The SMILES string of the molecule is CC(C)c1noc(N2CCC([C@H](C)CCOc3cnc(N4C[C@@H](N)[C@H](c5ccccc5F)C4)nc3)CC2)n1. The number of hydrogen-bond acceptors (Lipinski definition) is 9. The van der Waals surface area contributed by atoms with E-state index in [1.54, 1.807) is 18.5 Å². The molecule has 0 unspecified atom stereocenters. The van der Waals surface area contributed by atoms with Gasteiger partial charge in [0.25, 0.3) is 0 Å². The fourth-order valence-electron chi connectivity index (χ4n) is 5.49. The van der Waals surface area contributed by atoms with Crippen molar-refractivity contribution in [1.29, 1.82) is 0 Å². The first-order chi connectivity index (χ1) is 18.4. The largest absolute Gasteiger partial charge is 0.490 e. The monoisotopic (exact) mass is 523 g/mol. The molecule has 204 valence electrons. The molecule has 2 aromatic heterocycles. The van der Waals surface area contributed by atoms with E-state index in [1.807, 2.05) is 17.0 Å². The van der Waals surface area contributed by atoms with Gasteiger partial charge in [-0.25, -0.2) is 14.4 Å². The summed E-state index contributed by atoms with van der Waals surface area (Å²) in [5.41, 5.74) is 6.99. The molecule has 4 heterocycles. The summed E-state index contributed by atoms with van der Waals surface area (Å²) in [5, 5.41) is 4.09. The van der Waals surface area contributed by atoms with Crippen molar-refractivity contribution in [2.24, 2.45) is 17.6 Å². The molecular formula is C28H38FN7O2. The minimum atomic E-state index is -0.216. The van der Waals surface area contributed by atoms with Gasteiger partial charge in [0.05, 0.1) is 19.0 Å². The van der Waals surface area contributed by atoms with Crippen LogP contribution in [0.5, 0.6) is 5.75 Å². The lowest BCUT2D eigenvalue weighted by Crippen LogP contribution is -2.36. The molecule has 3 aromatic rings. The zero-order valence-electron chi connectivity index (χ0n) is 22.5. The molecule has 10 heteroatoms. The van der Waals surface area contributed by atoms with Gasteiger partial charge in [-0.1, -0.05) is 44.1 Å². The summed E-state index contributed by atoms with van der Waals surface area (Å²) in [7, 11) is 0. The molecule has 0 saturated carbocycles. The number of piperidine rings is 1. The molecule has 1 aromatic carbocycles. The summed E-state index contributed by atoms with van der Waals surface area (Å²) >= 11 is 0. The first kappa shape index (κ1) is 26.3. The zero-order chi connectivity index (χ0) is 26.6. The van der Waals surface area contributed by atoms with Crippen LogP contribution in [-0.4, -0.2) is 58.9 Å². The number of halogens is 1. The highest BCUT2D eigenvalue weighted by Crippen LogP contribution is 2.31. The number of nitrogens with two attached hydrogens (primary N) is 1. The molecule has 2 N–H and O–H groups in total. The number of nitrogens with zero attached hydrogens (tertiary/aromatic N) is 6. The van der Waals surface area contributed by atoms with Crippen molar-refractivity contribution in [2.45, 2.75) is 57.9 Å². The summed E-state index contributed by atoms with van der Waals surface area (Å²) in [6.45, 7) is 10.1. The minimum absolute atomic E-state index is 0.0893. The molecule has 5 rings (SSSR count). The van der Waals surface area contributed by atoms with Crippen LogP contribution in [0.25, 0.3) is 0 Å². The average Bonchev–Trinajstić information content (AvgIpc) is 3.57. The van der Waals surface area contributed by atoms with Gasteiger partial charge in [0.2, 0.25) is 5.95 Å². The van der Waals surface area contributed by atoms with E-state index < -0.39 is 0 Å². The molecule has 2 aliphatic heterocycles. The standard InChI is InChI=1S/C28H38FN7O2/c1-18(2)26-33-28(38-34-26)35-11-8-20(9-12-35)19(3)10-13-37-21-14-31-27(32-15-21)36-16-23(25(30)17-36)22-6-4-5-7-24(22)29/h4-7,14-15,18-20,23,25H,8-13,16-17,30H2,1-3H3/t19-,23+,25-/m1/s1. The van der Waals surface area contributed by atoms with Crippen molar-refractivity contribution in [2.75, 3.05) is 42.6 Å². The van der Waals surface area contributed by atoms with Gasteiger partial charge < -0.3 is 24.8 Å². The number of hydrogen-bond donors (Lipinski definition) is 1. The summed E-state index contributed by atoms with van der Waals surface area (Å²) in [6, 6.07) is 7.30. The summed E-state index contributed by atoms with van der Waals surface area (Å²) in [4.78, 5) is 17.7. The van der Waals surface area contributed by atoms with Crippen molar-refractivity contribution in [3.05, 3.63) is 53.9 Å². The van der Waals surface area contributed by atoms with E-state index in [4.69, 9.17) is 15.0 Å². The molecule has 2 aliphatic rings. The first-order valence-electron chi connectivity index (χ1n) is 13.7. The quantitative estimate of drug-likeness (QED) is 0.437. The average molecular weight is 524 g/mol. The molecule has 2 fully saturated rings. The highest BCUT2D eigenvalue weighted by atomic mass is 19.1. The maximum atomic E-state index is 14.3. The Labute approximate surface area is 223 Å². The molecule has 0 aliphatic carbocycles. The Bertz CT molecular complexity index is 1180. The molecule has 0 bridgehead atoms. The van der Waals surface area contributed by atoms with Crippen LogP contribution in [0.4, 0.5) is 16.4 Å². The van der Waals surface area contributed by atoms with Gasteiger partial charge in [-0.15, -0.1) is 0 Å². The van der Waals surface area contributed by atoms with E-state index in [2.05, 4.69) is 45.8 Å². The predicted octanol–water partition coefficient (Wildman–Crippen LogP) is 4.37. The lowest BCUT2D eigenvalue weighted by molar-refractivity contribution is 0.219. The fraction of sp³-hybridized carbons (Fsp3) is 0.571. The summed E-state index contributed by atoms with van der Waals surface area (Å²) < 4.78 is 25.7. The second-order valence-electron chi connectivity index (χ2n) is 10.9. The van der Waals surface area contributed by atoms with Crippen LogP contribution < -0.4 is 20.3 Å². The molecule has 2 saturated heterocycles. The molecule has 0 amide bonds. The Balaban J connectivity index is 1.06. The fourth-order valence-corrected chi connectivity index (χ4v) is 5.49. The van der Waals surface area contributed by atoms with E-state index in [0.717, 1.165) is 38.2 Å². The van der Waals surface area contributed by atoms with Gasteiger partial charge in [0, 0.05) is 44.1 Å². The molecule has 0 spiro atoms. The van der Waals surface area contributed by atoms with Crippen LogP contribution in [0.2, 0.25) is 0 Å². The third-order valence-electron chi connectivity index (χ3n) is 7.97. The van der Waals surface area contributed by atoms with E-state index in [0.29, 0.717) is 54.8 Å². The van der Waals surface area contributed by atoms with Crippen LogP contribution in [-0.2, 0) is 0 Å². The van der Waals surface area contributed by atoms with Crippen molar-refractivity contribution < 1.29 is 13.7 Å². The second kappa shape index (κ2) is 11.6. The Kier molecular flexibility index (Phi) is 8.06. The molecular weight excluding hydrogens is 485 g/mol. The molecule has 0 radical (unpaired) electrons. The van der Waals surface area contributed by atoms with Crippen LogP contribution in [0.15, 0.2) is 41.2 Å². The third-order valence-corrected chi connectivity index (χ3v) is 7.97. The second-order valence-corrected chi connectivity index (χ2v) is 10.9. The Morgan fingerprint density at radius 2 is 1.82 bits per heavy atom. The number of ether oxygens (including phenoxy) is 1. The summed E-state index contributed by atoms with van der Waals surface area (Å²) in [6.07, 6.45) is 6.59. The number of aromatic nitrogens is 4. The van der Waals surface area contributed by atoms with Crippen molar-refractivity contribution in [3.8, 4) is 5.75 Å². The van der Waals surface area contributed by atoms with Crippen LogP contribution in [0, 0.1) is 17.7 Å². The van der Waals surface area contributed by atoms with Gasteiger partial charge in [0.1, 0.15) is 5.82 Å². The number of benzene rings is 1. The highest BCUT2D eigenvalue weighted by Gasteiger charge is 2.34. The predicted molar refractivity (Wildman–Crippen MR) is 144 cm³/mol. The van der Waals surface area contributed by atoms with Gasteiger partial charge in [-0.2, -0.15) is 4.98 Å². The highest BCUT2D eigenvalue weighted by molar-refractivity contribution is 5.38. The van der Waals surface area contributed by atoms with Gasteiger partial charge in [-0.05, 0) is 42.7 Å². The first-order valence-corrected chi connectivity index (χ1v) is 13.7. The van der Waals surface area contributed by atoms with Gasteiger partial charge in [0.15, 0.2) is 11.6 Å². The number of rotatable bonds is 9. The van der Waals surface area contributed by atoms with Crippen LogP contribution in [0.1, 0.15) is 63.3 Å². The summed E-state index contributed by atoms with van der Waals surface area (Å²) in [5.74, 6) is 3.16.